The Morgan fingerprint density at radius 2 is 2.12 bits per heavy atom. The molecular weight excluding hydrogens is 441 g/mol. The number of rotatable bonds is 7. The second-order valence-corrected chi connectivity index (χ2v) is 5.78. The minimum absolute atomic E-state index is 0. The van der Waals surface area contributed by atoms with Gasteiger partial charge in [0.2, 0.25) is 0 Å². The number of nitrogens with zero attached hydrogens (tertiary/aromatic N) is 2. The fraction of sp³-hybridized carbons (Fsp3) is 0.588. The molecule has 1 aromatic carbocycles. The summed E-state index contributed by atoms with van der Waals surface area (Å²) in [5.41, 5.74) is 0.732. The van der Waals surface area contributed by atoms with Gasteiger partial charge in [-0.05, 0) is 31.4 Å². The first-order chi connectivity index (χ1) is 11.6. The number of nitrogens with one attached hydrogen (secondary N) is 2. The van der Waals surface area contributed by atoms with Crippen LogP contribution < -0.4 is 15.5 Å². The summed E-state index contributed by atoms with van der Waals surface area (Å²) in [6.45, 7) is 6.46. The predicted molar refractivity (Wildman–Crippen MR) is 108 cm³/mol. The minimum Gasteiger partial charge on any atom is -0.380 e. The van der Waals surface area contributed by atoms with E-state index in [9.17, 15) is 8.78 Å². The largest absolute Gasteiger partial charge is 0.380 e. The molecule has 0 aliphatic carbocycles. The second kappa shape index (κ2) is 11.5. The average Bonchev–Trinajstić information content (AvgIpc) is 3.06. The quantitative estimate of drug-likeness (QED) is 0.280. The summed E-state index contributed by atoms with van der Waals surface area (Å²) in [5, 5.41) is 6.50. The third kappa shape index (κ3) is 6.93. The molecular formula is C17H27F2IN4O. The van der Waals surface area contributed by atoms with Gasteiger partial charge in [-0.1, -0.05) is 0 Å². The number of halogens is 3. The Bertz CT molecular complexity index is 559. The van der Waals surface area contributed by atoms with Crippen molar-refractivity contribution in [1.29, 1.82) is 0 Å². The summed E-state index contributed by atoms with van der Waals surface area (Å²) in [5.74, 6) is -0.421. The van der Waals surface area contributed by atoms with Gasteiger partial charge in [0, 0.05) is 51.6 Å². The molecule has 0 saturated carbocycles. The third-order valence-corrected chi connectivity index (χ3v) is 4.08. The zero-order valence-electron chi connectivity index (χ0n) is 14.7. The normalized spacial score (nSPS) is 17.4. The van der Waals surface area contributed by atoms with Crippen molar-refractivity contribution in [2.45, 2.75) is 13.3 Å². The van der Waals surface area contributed by atoms with Gasteiger partial charge in [0.1, 0.15) is 0 Å². The van der Waals surface area contributed by atoms with Crippen LogP contribution in [-0.4, -0.2) is 52.4 Å². The summed E-state index contributed by atoms with van der Waals surface area (Å²) in [7, 11) is 1.73. The van der Waals surface area contributed by atoms with Crippen LogP contribution >= 0.6 is 24.0 Å². The maximum Gasteiger partial charge on any atom is 0.191 e. The lowest BCUT2D eigenvalue weighted by Gasteiger charge is -2.19. The van der Waals surface area contributed by atoms with Gasteiger partial charge in [-0.2, -0.15) is 0 Å². The van der Waals surface area contributed by atoms with Crippen LogP contribution in [0.5, 0.6) is 0 Å². The lowest BCUT2D eigenvalue weighted by atomic mass is 10.1. The first kappa shape index (κ1) is 21.9. The molecule has 0 aromatic heterocycles. The highest BCUT2D eigenvalue weighted by Gasteiger charge is 2.23. The smallest absolute Gasteiger partial charge is 0.191 e. The number of hydrogen-bond acceptors (Lipinski definition) is 3. The monoisotopic (exact) mass is 468 g/mol. The van der Waals surface area contributed by atoms with E-state index in [0.29, 0.717) is 25.7 Å². The molecule has 1 fully saturated rings. The fourth-order valence-electron chi connectivity index (χ4n) is 2.76. The molecule has 142 valence electrons. The van der Waals surface area contributed by atoms with E-state index in [-0.39, 0.29) is 24.0 Å². The Morgan fingerprint density at radius 1 is 1.32 bits per heavy atom. The molecule has 1 aliphatic rings. The van der Waals surface area contributed by atoms with Crippen molar-refractivity contribution in [3.8, 4) is 0 Å². The summed E-state index contributed by atoms with van der Waals surface area (Å²) in [4.78, 5) is 6.26. The van der Waals surface area contributed by atoms with Gasteiger partial charge in [-0.15, -0.1) is 24.0 Å². The van der Waals surface area contributed by atoms with E-state index < -0.39 is 11.6 Å². The lowest BCUT2D eigenvalue weighted by Crippen LogP contribution is -2.41. The zero-order chi connectivity index (χ0) is 17.4. The summed E-state index contributed by atoms with van der Waals surface area (Å²) in [6.07, 6.45) is 1.00. The van der Waals surface area contributed by atoms with Gasteiger partial charge in [-0.25, -0.2) is 8.78 Å². The van der Waals surface area contributed by atoms with E-state index in [0.717, 1.165) is 37.7 Å². The molecule has 0 spiro atoms. The average molecular weight is 468 g/mol. The van der Waals surface area contributed by atoms with E-state index >= 15 is 0 Å². The Morgan fingerprint density at radius 3 is 2.80 bits per heavy atom. The number of hydrogen-bond donors (Lipinski definition) is 2. The summed E-state index contributed by atoms with van der Waals surface area (Å²) >= 11 is 0. The van der Waals surface area contributed by atoms with Crippen LogP contribution in [0.15, 0.2) is 23.2 Å². The van der Waals surface area contributed by atoms with Crippen LogP contribution in [0.4, 0.5) is 14.5 Å². The molecule has 8 heteroatoms. The number of anilines is 1. The number of aliphatic imine (C=N–C) groups is 1. The molecule has 0 bridgehead atoms. The van der Waals surface area contributed by atoms with Crippen molar-refractivity contribution < 1.29 is 13.5 Å². The van der Waals surface area contributed by atoms with Gasteiger partial charge in [0.15, 0.2) is 17.6 Å². The number of ether oxygens (including phenoxy) is 1. The van der Waals surface area contributed by atoms with Gasteiger partial charge in [0.05, 0.1) is 6.61 Å². The summed E-state index contributed by atoms with van der Waals surface area (Å²) in [6, 6.07) is 4.07. The Hall–Kier alpha value is -1.16. The molecule has 1 heterocycles. The fourth-order valence-corrected chi connectivity index (χ4v) is 2.76. The molecule has 2 rings (SSSR count). The van der Waals surface area contributed by atoms with Crippen LogP contribution in [0.3, 0.4) is 0 Å². The Labute approximate surface area is 165 Å². The molecule has 0 amide bonds. The molecule has 25 heavy (non-hydrogen) atoms. The standard InChI is InChI=1S/C17H26F2N4O.HI/c1-3-24-9-7-21-17(20-2)22-11-13-6-8-23(12-13)14-4-5-15(18)16(19)10-14;/h4-5,10,13H,3,6-9,11-12H2,1-2H3,(H2,20,21,22);1H. The Kier molecular flexibility index (Phi) is 10.0. The van der Waals surface area contributed by atoms with Gasteiger partial charge in [-0.3, -0.25) is 4.99 Å². The van der Waals surface area contributed by atoms with Gasteiger partial charge >= 0.3 is 0 Å². The van der Waals surface area contributed by atoms with Crippen molar-refractivity contribution in [2.75, 3.05) is 51.3 Å². The van der Waals surface area contributed by atoms with Crippen LogP contribution in [0.2, 0.25) is 0 Å². The highest BCUT2D eigenvalue weighted by Crippen LogP contribution is 2.24. The Balaban J connectivity index is 0.00000312. The molecule has 5 nitrogen and oxygen atoms in total. The summed E-state index contributed by atoms with van der Waals surface area (Å²) < 4.78 is 31.7. The van der Waals surface area contributed by atoms with Crippen molar-refractivity contribution >= 4 is 35.6 Å². The molecule has 2 N–H and O–H groups in total. The van der Waals surface area contributed by atoms with E-state index in [4.69, 9.17) is 4.74 Å². The molecule has 1 atom stereocenters. The van der Waals surface area contributed by atoms with E-state index in [2.05, 4.69) is 20.5 Å². The first-order valence-corrected chi connectivity index (χ1v) is 8.36. The van der Waals surface area contributed by atoms with Crippen LogP contribution in [-0.2, 0) is 4.74 Å². The van der Waals surface area contributed by atoms with E-state index in [1.54, 1.807) is 13.1 Å². The molecule has 1 aromatic rings. The topological polar surface area (TPSA) is 48.9 Å². The maximum atomic E-state index is 13.4. The minimum atomic E-state index is -0.807. The highest BCUT2D eigenvalue weighted by molar-refractivity contribution is 14.0. The number of guanidine groups is 1. The van der Waals surface area contributed by atoms with Crippen molar-refractivity contribution in [1.82, 2.24) is 10.6 Å². The SMILES string of the molecule is CCOCCNC(=NC)NCC1CCN(c2ccc(F)c(F)c2)C1.I. The molecule has 1 saturated heterocycles. The first-order valence-electron chi connectivity index (χ1n) is 8.36. The number of benzene rings is 1. The maximum absolute atomic E-state index is 13.4. The molecule has 0 radical (unpaired) electrons. The van der Waals surface area contributed by atoms with Crippen LogP contribution in [0.1, 0.15) is 13.3 Å². The molecule has 1 aliphatic heterocycles. The third-order valence-electron chi connectivity index (χ3n) is 4.08. The van der Waals surface area contributed by atoms with Crippen molar-refractivity contribution in [3.63, 3.8) is 0 Å². The highest BCUT2D eigenvalue weighted by atomic mass is 127. The molecule has 1 unspecified atom stereocenters. The lowest BCUT2D eigenvalue weighted by molar-refractivity contribution is 0.152. The van der Waals surface area contributed by atoms with Gasteiger partial charge in [0.25, 0.3) is 0 Å². The predicted octanol–water partition coefficient (Wildman–Crippen LogP) is 2.61. The van der Waals surface area contributed by atoms with Gasteiger partial charge < -0.3 is 20.3 Å². The zero-order valence-corrected chi connectivity index (χ0v) is 17.1. The van der Waals surface area contributed by atoms with Crippen molar-refractivity contribution in [2.24, 2.45) is 10.9 Å². The van der Waals surface area contributed by atoms with Crippen LogP contribution in [0.25, 0.3) is 0 Å². The second-order valence-electron chi connectivity index (χ2n) is 5.78. The van der Waals surface area contributed by atoms with E-state index in [1.165, 1.54) is 12.1 Å². The van der Waals surface area contributed by atoms with Crippen molar-refractivity contribution in [3.05, 3.63) is 29.8 Å². The van der Waals surface area contributed by atoms with E-state index in [1.807, 2.05) is 6.92 Å². The van der Waals surface area contributed by atoms with Crippen LogP contribution in [0, 0.1) is 17.6 Å².